The number of carboxylic acid groups (broad SMARTS) is 1. The van der Waals surface area contributed by atoms with Crippen LogP contribution in [0.25, 0.3) is 17.0 Å². The van der Waals surface area contributed by atoms with Crippen LogP contribution in [-0.2, 0) is 11.3 Å². The highest BCUT2D eigenvalue weighted by Crippen LogP contribution is 2.38. The minimum Gasteiger partial charge on any atom is -0.545 e. The number of carboxylic acids is 1. The molecule has 1 aliphatic rings. The molecule has 0 spiro atoms. The Hall–Kier alpha value is -3.10. The molecule has 0 saturated carbocycles. The van der Waals surface area contributed by atoms with Gasteiger partial charge in [-0.15, -0.1) is 0 Å². The molecular weight excluding hydrogens is 535 g/mol. The zero-order valence-corrected chi connectivity index (χ0v) is 22.0. The van der Waals surface area contributed by atoms with Gasteiger partial charge in [0.25, 0.3) is 5.91 Å². The molecule has 4 aromatic rings. The quantitative estimate of drug-likeness (QED) is 0.222. The number of carbonyl (C=O) groups is 2. The Bertz CT molecular complexity index is 1610. The summed E-state index contributed by atoms with van der Waals surface area (Å²) in [6.07, 6.45) is 1.85. The first-order valence-corrected chi connectivity index (χ1v) is 12.8. The van der Waals surface area contributed by atoms with Gasteiger partial charge in [-0.25, -0.2) is 0 Å². The number of benzene rings is 3. The molecule has 0 atom stereocenters. The Morgan fingerprint density at radius 3 is 2.58 bits per heavy atom. The molecule has 36 heavy (non-hydrogen) atoms. The molecule has 1 fully saturated rings. The van der Waals surface area contributed by atoms with Crippen LogP contribution in [0.3, 0.4) is 0 Å². The number of nitrogens with zero attached hydrogens (tertiary/aromatic N) is 2. The van der Waals surface area contributed by atoms with Crippen LogP contribution in [0.1, 0.15) is 27.2 Å². The van der Waals surface area contributed by atoms with Crippen LogP contribution in [-0.4, -0.2) is 20.8 Å². The highest BCUT2D eigenvalue weighted by molar-refractivity contribution is 8.27. The molecule has 1 aromatic heterocycles. The third kappa shape index (κ3) is 4.44. The summed E-state index contributed by atoms with van der Waals surface area (Å²) in [5.74, 6) is -1.62. The summed E-state index contributed by atoms with van der Waals surface area (Å²) in [6.45, 7) is 2.58. The zero-order chi connectivity index (χ0) is 25.6. The number of aromatic nitrogens is 1. The van der Waals surface area contributed by atoms with E-state index in [9.17, 15) is 14.7 Å². The highest BCUT2D eigenvalue weighted by atomic mass is 35.5. The molecule has 0 bridgehead atoms. The normalized spacial score (nSPS) is 14.9. The van der Waals surface area contributed by atoms with Crippen molar-refractivity contribution in [1.29, 1.82) is 0 Å². The van der Waals surface area contributed by atoms with Gasteiger partial charge in [0, 0.05) is 28.7 Å². The van der Waals surface area contributed by atoms with E-state index in [1.54, 1.807) is 18.2 Å². The Morgan fingerprint density at radius 1 is 1.06 bits per heavy atom. The second-order valence-corrected chi connectivity index (χ2v) is 10.7. The van der Waals surface area contributed by atoms with Crippen molar-refractivity contribution in [3.05, 3.63) is 104 Å². The third-order valence-corrected chi connectivity index (χ3v) is 8.05. The number of hydrogen-bond donors (Lipinski definition) is 0. The fraction of sp³-hybridized carbons (Fsp3) is 0.0741. The van der Waals surface area contributed by atoms with Crippen LogP contribution >= 0.6 is 47.2 Å². The maximum Gasteiger partial charge on any atom is 0.270 e. The Kier molecular flexibility index (Phi) is 6.66. The number of carbonyl (C=O) groups excluding carboxylic acids is 2. The lowest BCUT2D eigenvalue weighted by Gasteiger charge is -2.15. The van der Waals surface area contributed by atoms with E-state index < -0.39 is 5.97 Å². The monoisotopic (exact) mass is 551 g/mol. The van der Waals surface area contributed by atoms with Gasteiger partial charge < -0.3 is 14.5 Å². The van der Waals surface area contributed by atoms with Gasteiger partial charge in [-0.05, 0) is 54.5 Å². The summed E-state index contributed by atoms with van der Waals surface area (Å²) in [4.78, 5) is 26.5. The Balaban J connectivity index is 1.55. The fourth-order valence-corrected chi connectivity index (χ4v) is 5.86. The smallest absolute Gasteiger partial charge is 0.270 e. The lowest BCUT2D eigenvalue weighted by atomic mass is 10.1. The molecule has 0 unspecified atom stereocenters. The minimum absolute atomic E-state index is 0.0215. The van der Waals surface area contributed by atoms with Crippen LogP contribution in [0.5, 0.6) is 0 Å². The molecule has 1 amide bonds. The third-order valence-electron chi connectivity index (χ3n) is 6.01. The topological polar surface area (TPSA) is 65.4 Å². The van der Waals surface area contributed by atoms with Crippen molar-refractivity contribution in [2.75, 3.05) is 4.90 Å². The maximum atomic E-state index is 13.4. The number of halogens is 2. The summed E-state index contributed by atoms with van der Waals surface area (Å²) in [5.41, 5.74) is 4.28. The van der Waals surface area contributed by atoms with Crippen molar-refractivity contribution in [1.82, 2.24) is 4.57 Å². The standard InChI is InChI=1S/C27H18Cl2N2O3S2/c1-15-20(13-24-25(32)31(27(35)36-24)18-6-4-5-17(12-18)26(33)34)19-7-2-3-8-23(19)30(15)14-16-9-10-21(28)22(29)11-16/h2-13H,14H2,1H3,(H,33,34)/p-1/b24-13+. The number of para-hydroxylation sites is 1. The molecule has 5 rings (SSSR count). The fourth-order valence-electron chi connectivity index (χ4n) is 4.26. The van der Waals surface area contributed by atoms with Gasteiger partial charge in [0.15, 0.2) is 4.32 Å². The number of thiocarbonyl (C=S) groups is 1. The summed E-state index contributed by atoms with van der Waals surface area (Å²) < 4.78 is 2.50. The van der Waals surface area contributed by atoms with Gasteiger partial charge in [-0.3, -0.25) is 9.69 Å². The second-order valence-electron chi connectivity index (χ2n) is 8.21. The van der Waals surface area contributed by atoms with Gasteiger partial charge in [-0.2, -0.15) is 0 Å². The molecule has 5 nitrogen and oxygen atoms in total. The molecular formula is C27H17Cl2N2O3S2-. The van der Waals surface area contributed by atoms with Gasteiger partial charge in [-0.1, -0.05) is 83.6 Å². The maximum absolute atomic E-state index is 13.4. The van der Waals surface area contributed by atoms with Crippen molar-refractivity contribution in [2.24, 2.45) is 0 Å². The molecule has 0 aliphatic carbocycles. The molecule has 3 aromatic carbocycles. The van der Waals surface area contributed by atoms with Crippen molar-refractivity contribution in [2.45, 2.75) is 13.5 Å². The molecule has 0 N–H and O–H groups in total. The van der Waals surface area contributed by atoms with Gasteiger partial charge in [0.05, 0.1) is 26.6 Å². The molecule has 180 valence electrons. The number of fused-ring (bicyclic) bond motifs is 1. The highest BCUT2D eigenvalue weighted by Gasteiger charge is 2.34. The lowest BCUT2D eigenvalue weighted by molar-refractivity contribution is -0.255. The Morgan fingerprint density at radius 2 is 1.83 bits per heavy atom. The van der Waals surface area contributed by atoms with E-state index in [0.29, 0.717) is 31.5 Å². The van der Waals surface area contributed by atoms with E-state index in [-0.39, 0.29) is 11.5 Å². The van der Waals surface area contributed by atoms with E-state index in [0.717, 1.165) is 27.7 Å². The predicted octanol–water partition coefficient (Wildman–Crippen LogP) is 6.07. The van der Waals surface area contributed by atoms with Crippen LogP contribution in [0, 0.1) is 6.92 Å². The summed E-state index contributed by atoms with van der Waals surface area (Å²) in [6, 6.07) is 19.6. The van der Waals surface area contributed by atoms with Gasteiger partial charge in [0.1, 0.15) is 0 Å². The number of thioether (sulfide) groups is 1. The summed E-state index contributed by atoms with van der Waals surface area (Å²) >= 11 is 19.0. The first kappa shape index (κ1) is 24.6. The first-order valence-electron chi connectivity index (χ1n) is 10.9. The minimum atomic E-state index is -1.32. The van der Waals surface area contributed by atoms with E-state index in [1.807, 2.05) is 49.4 Å². The van der Waals surface area contributed by atoms with Gasteiger partial charge >= 0.3 is 0 Å². The summed E-state index contributed by atoms with van der Waals surface area (Å²) in [5, 5.41) is 13.3. The van der Waals surface area contributed by atoms with Crippen molar-refractivity contribution >= 4 is 86.0 Å². The number of hydrogen-bond acceptors (Lipinski definition) is 5. The summed E-state index contributed by atoms with van der Waals surface area (Å²) in [7, 11) is 0. The molecule has 0 radical (unpaired) electrons. The van der Waals surface area contributed by atoms with Crippen LogP contribution in [0.2, 0.25) is 10.0 Å². The molecule has 1 aliphatic heterocycles. The van der Waals surface area contributed by atoms with Crippen molar-refractivity contribution in [3.8, 4) is 0 Å². The molecule has 2 heterocycles. The van der Waals surface area contributed by atoms with Crippen molar-refractivity contribution in [3.63, 3.8) is 0 Å². The van der Waals surface area contributed by atoms with Crippen LogP contribution in [0.4, 0.5) is 5.69 Å². The van der Waals surface area contributed by atoms with Crippen LogP contribution < -0.4 is 10.0 Å². The lowest BCUT2D eigenvalue weighted by Crippen LogP contribution is -2.28. The number of rotatable bonds is 5. The zero-order valence-electron chi connectivity index (χ0n) is 18.8. The number of amides is 1. The number of anilines is 1. The molecule has 9 heteroatoms. The SMILES string of the molecule is Cc1c(/C=C2/SC(=S)N(c3cccc(C(=O)[O-])c3)C2=O)c2ccccc2n1Cc1ccc(Cl)c(Cl)c1. The van der Waals surface area contributed by atoms with Crippen LogP contribution in [0.15, 0.2) is 71.6 Å². The largest absolute Gasteiger partial charge is 0.545 e. The molecule has 1 saturated heterocycles. The average molecular weight is 552 g/mol. The van der Waals surface area contributed by atoms with E-state index in [2.05, 4.69) is 4.57 Å². The second kappa shape index (κ2) is 9.75. The van der Waals surface area contributed by atoms with E-state index in [1.165, 1.54) is 28.8 Å². The number of aromatic carboxylic acids is 1. The van der Waals surface area contributed by atoms with Gasteiger partial charge in [0.2, 0.25) is 0 Å². The Labute approximate surface area is 226 Å². The van der Waals surface area contributed by atoms with E-state index in [4.69, 9.17) is 35.4 Å². The first-order chi connectivity index (χ1) is 17.2. The predicted molar refractivity (Wildman–Crippen MR) is 149 cm³/mol. The van der Waals surface area contributed by atoms with Crippen molar-refractivity contribution < 1.29 is 14.7 Å². The van der Waals surface area contributed by atoms with E-state index >= 15 is 0 Å². The average Bonchev–Trinajstić information content (AvgIpc) is 3.29.